The summed E-state index contributed by atoms with van der Waals surface area (Å²) in [5, 5.41) is 0.177. The van der Waals surface area contributed by atoms with Crippen LogP contribution in [0.2, 0.25) is 5.02 Å². The molecule has 3 heteroatoms. The van der Waals surface area contributed by atoms with Crippen LogP contribution < -0.4 is 5.73 Å². The van der Waals surface area contributed by atoms with Gasteiger partial charge in [0, 0.05) is 6.04 Å². The minimum atomic E-state index is -0.338. The van der Waals surface area contributed by atoms with Crippen LogP contribution in [0.5, 0.6) is 0 Å². The van der Waals surface area contributed by atoms with Gasteiger partial charge in [0.25, 0.3) is 0 Å². The molecule has 0 aromatic heterocycles. The van der Waals surface area contributed by atoms with Gasteiger partial charge in [-0.05, 0) is 37.5 Å². The van der Waals surface area contributed by atoms with E-state index in [2.05, 4.69) is 0 Å². The lowest BCUT2D eigenvalue weighted by molar-refractivity contribution is 0.617. The van der Waals surface area contributed by atoms with Crippen LogP contribution in [-0.2, 0) is 6.42 Å². The third-order valence-electron chi connectivity index (χ3n) is 1.83. The van der Waals surface area contributed by atoms with Crippen molar-refractivity contribution in [2.45, 2.75) is 26.3 Å². The SMILES string of the molecule is Cc1cc(CC(C)N)cc(Cl)c1F. The molecule has 1 nitrogen and oxygen atoms in total. The molecule has 1 aromatic carbocycles. The molecule has 1 aromatic rings. The Morgan fingerprint density at radius 3 is 2.62 bits per heavy atom. The summed E-state index contributed by atoms with van der Waals surface area (Å²) < 4.78 is 13.1. The molecule has 1 unspecified atom stereocenters. The number of benzene rings is 1. The van der Waals surface area contributed by atoms with Gasteiger partial charge < -0.3 is 5.73 Å². The van der Waals surface area contributed by atoms with Crippen molar-refractivity contribution >= 4 is 11.6 Å². The average molecular weight is 202 g/mol. The second-order valence-electron chi connectivity index (χ2n) is 3.39. The number of rotatable bonds is 2. The van der Waals surface area contributed by atoms with Crippen molar-refractivity contribution in [1.29, 1.82) is 0 Å². The first-order valence-electron chi connectivity index (χ1n) is 4.21. The van der Waals surface area contributed by atoms with E-state index in [1.807, 2.05) is 6.92 Å². The van der Waals surface area contributed by atoms with Gasteiger partial charge in [-0.1, -0.05) is 17.7 Å². The summed E-state index contributed by atoms with van der Waals surface area (Å²) >= 11 is 5.69. The fourth-order valence-corrected chi connectivity index (χ4v) is 1.58. The number of nitrogens with two attached hydrogens (primary N) is 1. The van der Waals surface area contributed by atoms with E-state index < -0.39 is 0 Å². The molecule has 0 radical (unpaired) electrons. The highest BCUT2D eigenvalue weighted by molar-refractivity contribution is 6.30. The molecule has 0 bridgehead atoms. The van der Waals surface area contributed by atoms with E-state index in [1.165, 1.54) is 0 Å². The van der Waals surface area contributed by atoms with Gasteiger partial charge in [-0.25, -0.2) is 4.39 Å². The first-order valence-corrected chi connectivity index (χ1v) is 4.58. The third-order valence-corrected chi connectivity index (χ3v) is 2.10. The predicted octanol–water partition coefficient (Wildman–Crippen LogP) is 2.68. The molecule has 0 aliphatic rings. The number of halogens is 2. The largest absolute Gasteiger partial charge is 0.328 e. The fourth-order valence-electron chi connectivity index (χ4n) is 1.29. The molecule has 0 saturated carbocycles. The molecule has 0 aliphatic heterocycles. The van der Waals surface area contributed by atoms with E-state index >= 15 is 0 Å². The van der Waals surface area contributed by atoms with Crippen molar-refractivity contribution in [3.8, 4) is 0 Å². The van der Waals surface area contributed by atoms with Crippen LogP contribution in [0.3, 0.4) is 0 Å². The number of hydrogen-bond donors (Lipinski definition) is 1. The zero-order chi connectivity index (χ0) is 10.0. The maximum atomic E-state index is 13.1. The van der Waals surface area contributed by atoms with E-state index in [9.17, 15) is 4.39 Å². The highest BCUT2D eigenvalue weighted by Gasteiger charge is 2.06. The lowest BCUT2D eigenvalue weighted by Gasteiger charge is -2.07. The molecule has 13 heavy (non-hydrogen) atoms. The minimum Gasteiger partial charge on any atom is -0.328 e. The smallest absolute Gasteiger partial charge is 0.144 e. The fraction of sp³-hybridized carbons (Fsp3) is 0.400. The second-order valence-corrected chi connectivity index (χ2v) is 3.80. The highest BCUT2D eigenvalue weighted by atomic mass is 35.5. The molecule has 0 spiro atoms. The lowest BCUT2D eigenvalue weighted by atomic mass is 10.1. The van der Waals surface area contributed by atoms with Gasteiger partial charge in [0.1, 0.15) is 5.82 Å². The zero-order valence-electron chi connectivity index (χ0n) is 7.77. The highest BCUT2D eigenvalue weighted by Crippen LogP contribution is 2.20. The topological polar surface area (TPSA) is 26.0 Å². The molecule has 72 valence electrons. The first-order chi connectivity index (χ1) is 6.00. The normalized spacial score (nSPS) is 13.0. The van der Waals surface area contributed by atoms with Gasteiger partial charge in [-0.15, -0.1) is 0 Å². The van der Waals surface area contributed by atoms with Gasteiger partial charge in [-0.2, -0.15) is 0 Å². The van der Waals surface area contributed by atoms with Gasteiger partial charge in [0.15, 0.2) is 0 Å². The summed E-state index contributed by atoms with van der Waals surface area (Å²) in [6.45, 7) is 3.61. The van der Waals surface area contributed by atoms with Crippen LogP contribution in [0.1, 0.15) is 18.1 Å². The summed E-state index contributed by atoms with van der Waals surface area (Å²) in [6.07, 6.45) is 0.723. The second kappa shape index (κ2) is 4.07. The molecule has 0 heterocycles. The molecule has 0 saturated heterocycles. The lowest BCUT2D eigenvalue weighted by Crippen LogP contribution is -2.17. The van der Waals surface area contributed by atoms with Crippen LogP contribution in [0.25, 0.3) is 0 Å². The number of hydrogen-bond acceptors (Lipinski definition) is 1. The van der Waals surface area contributed by atoms with E-state index in [0.717, 1.165) is 12.0 Å². The van der Waals surface area contributed by atoms with Gasteiger partial charge >= 0.3 is 0 Å². The van der Waals surface area contributed by atoms with Crippen molar-refractivity contribution in [3.05, 3.63) is 34.1 Å². The minimum absolute atomic E-state index is 0.0703. The Morgan fingerprint density at radius 2 is 2.15 bits per heavy atom. The van der Waals surface area contributed by atoms with Crippen molar-refractivity contribution < 1.29 is 4.39 Å². The Kier molecular flexibility index (Phi) is 3.28. The summed E-state index contributed by atoms with van der Waals surface area (Å²) in [5.41, 5.74) is 7.18. The molecule has 2 N–H and O–H groups in total. The number of aryl methyl sites for hydroxylation is 1. The van der Waals surface area contributed by atoms with Crippen LogP contribution >= 0.6 is 11.6 Å². The van der Waals surface area contributed by atoms with Crippen molar-refractivity contribution in [1.82, 2.24) is 0 Å². The Labute approximate surface area is 82.7 Å². The third kappa shape index (κ3) is 2.68. The van der Waals surface area contributed by atoms with Gasteiger partial charge in [0.2, 0.25) is 0 Å². The maximum absolute atomic E-state index is 13.1. The summed E-state index contributed by atoms with van der Waals surface area (Å²) in [7, 11) is 0. The Hall–Kier alpha value is -0.600. The Bertz CT molecular complexity index is 287. The average Bonchev–Trinajstić information content (AvgIpc) is 1.98. The van der Waals surface area contributed by atoms with Gasteiger partial charge in [-0.3, -0.25) is 0 Å². The van der Waals surface area contributed by atoms with Crippen LogP contribution in [0, 0.1) is 12.7 Å². The van der Waals surface area contributed by atoms with E-state index in [4.69, 9.17) is 17.3 Å². The van der Waals surface area contributed by atoms with Gasteiger partial charge in [0.05, 0.1) is 5.02 Å². The first kappa shape index (κ1) is 10.5. The van der Waals surface area contributed by atoms with Crippen molar-refractivity contribution in [3.63, 3.8) is 0 Å². The molecule has 0 amide bonds. The molecular weight excluding hydrogens is 189 g/mol. The molecule has 0 fully saturated rings. The molecule has 1 rings (SSSR count). The van der Waals surface area contributed by atoms with Crippen molar-refractivity contribution in [2.24, 2.45) is 5.73 Å². The molecular formula is C10H13ClFN. The van der Waals surface area contributed by atoms with Crippen molar-refractivity contribution in [2.75, 3.05) is 0 Å². The van der Waals surface area contributed by atoms with E-state index in [-0.39, 0.29) is 16.9 Å². The quantitative estimate of drug-likeness (QED) is 0.783. The molecule has 1 atom stereocenters. The summed E-state index contributed by atoms with van der Waals surface area (Å²) in [6, 6.07) is 3.48. The predicted molar refractivity (Wildman–Crippen MR) is 53.5 cm³/mol. The molecule has 0 aliphatic carbocycles. The maximum Gasteiger partial charge on any atom is 0.144 e. The summed E-state index contributed by atoms with van der Waals surface area (Å²) in [4.78, 5) is 0. The standard InChI is InChI=1S/C10H13ClFN/c1-6-3-8(4-7(2)13)5-9(11)10(6)12/h3,5,7H,4,13H2,1-2H3. The van der Waals surface area contributed by atoms with Crippen LogP contribution in [0.15, 0.2) is 12.1 Å². The van der Waals surface area contributed by atoms with E-state index in [0.29, 0.717) is 5.56 Å². The Balaban J connectivity index is 2.99. The van der Waals surface area contributed by atoms with Crippen LogP contribution in [-0.4, -0.2) is 6.04 Å². The zero-order valence-corrected chi connectivity index (χ0v) is 8.53. The van der Waals surface area contributed by atoms with Crippen LogP contribution in [0.4, 0.5) is 4.39 Å². The monoisotopic (exact) mass is 201 g/mol. The Morgan fingerprint density at radius 1 is 1.54 bits per heavy atom. The summed E-state index contributed by atoms with van der Waals surface area (Å²) in [5.74, 6) is -0.338. The van der Waals surface area contributed by atoms with E-state index in [1.54, 1.807) is 19.1 Å².